The van der Waals surface area contributed by atoms with Crippen LogP contribution in [0.25, 0.3) is 0 Å². The van der Waals surface area contributed by atoms with E-state index in [1.54, 1.807) is 18.2 Å². The van der Waals surface area contributed by atoms with Gasteiger partial charge in [-0.3, -0.25) is 0 Å². The third kappa shape index (κ3) is 5.53. The molecule has 3 nitrogen and oxygen atoms in total. The maximum Gasteiger partial charge on any atom is 0.165 e. The standard InChI is InChI=1S/C15H22FNO2S/c1-4-6-10-20(18)17-12(3)13-7-8-14(16)15(11-13)19-9-5-2/h5,7-8,11-12,17H,2,4,6,9-10H2,1,3H3/t12-,20?/m0/s1. The minimum atomic E-state index is -1.07. The van der Waals surface area contributed by atoms with E-state index in [9.17, 15) is 8.94 Å². The zero-order valence-electron chi connectivity index (χ0n) is 12.0. The lowest BCUT2D eigenvalue weighted by atomic mass is 10.1. The molecule has 0 fully saturated rings. The Bertz CT molecular complexity index is 428. The van der Waals surface area contributed by atoms with Gasteiger partial charge in [0.2, 0.25) is 0 Å². The first-order valence-electron chi connectivity index (χ1n) is 6.76. The van der Waals surface area contributed by atoms with Gasteiger partial charge in [-0.25, -0.2) is 4.39 Å². The Labute approximate surface area is 123 Å². The first kappa shape index (κ1) is 17.0. The predicted octanol–water partition coefficient (Wildman–Crippen LogP) is 3.50. The fourth-order valence-corrected chi connectivity index (χ4v) is 2.85. The smallest absolute Gasteiger partial charge is 0.165 e. The Morgan fingerprint density at radius 1 is 1.55 bits per heavy atom. The molecule has 5 heteroatoms. The zero-order valence-corrected chi connectivity index (χ0v) is 12.8. The number of unbranched alkanes of at least 4 members (excludes halogenated alkanes) is 1. The van der Waals surface area contributed by atoms with Gasteiger partial charge < -0.3 is 9.29 Å². The average molecular weight is 299 g/mol. The molecule has 1 unspecified atom stereocenters. The highest BCUT2D eigenvalue weighted by atomic mass is 32.2. The molecule has 0 spiro atoms. The summed E-state index contributed by atoms with van der Waals surface area (Å²) in [5.74, 6) is 0.410. The van der Waals surface area contributed by atoms with Crippen LogP contribution in [0.1, 0.15) is 38.3 Å². The quantitative estimate of drug-likeness (QED) is 0.560. The second kappa shape index (κ2) is 9.00. The fourth-order valence-electron chi connectivity index (χ4n) is 1.65. The van der Waals surface area contributed by atoms with Crippen LogP contribution < -0.4 is 9.46 Å². The summed E-state index contributed by atoms with van der Waals surface area (Å²) in [5, 5.41) is 0. The summed E-state index contributed by atoms with van der Waals surface area (Å²) in [4.78, 5) is 0. The lowest BCUT2D eigenvalue weighted by molar-refractivity contribution is 0.341. The summed E-state index contributed by atoms with van der Waals surface area (Å²) in [6.45, 7) is 7.74. The van der Waals surface area contributed by atoms with Crippen LogP contribution in [0.3, 0.4) is 0 Å². The van der Waals surface area contributed by atoms with Crippen LogP contribution in [0.15, 0.2) is 30.9 Å². The van der Waals surface area contributed by atoms with E-state index in [0.717, 1.165) is 18.4 Å². The Balaban J connectivity index is 2.67. The average Bonchev–Trinajstić information content (AvgIpc) is 2.44. The number of benzene rings is 1. The molecule has 1 N–H and O–H groups in total. The number of halogens is 1. The molecule has 0 amide bonds. The molecular formula is C15H22FNO2S. The number of hydrogen-bond acceptors (Lipinski definition) is 3. The second-order valence-electron chi connectivity index (χ2n) is 4.53. The van der Waals surface area contributed by atoms with E-state index < -0.39 is 17.2 Å². The van der Waals surface area contributed by atoms with Crippen LogP contribution >= 0.6 is 0 Å². The Morgan fingerprint density at radius 3 is 2.95 bits per heavy atom. The molecule has 0 bridgehead atoms. The third-order valence-corrected chi connectivity index (χ3v) is 4.08. The van der Waals surface area contributed by atoms with Crippen LogP contribution in [0.4, 0.5) is 4.39 Å². The summed E-state index contributed by atoms with van der Waals surface area (Å²) in [5.41, 5.74) is 0.843. The van der Waals surface area contributed by atoms with Crippen LogP contribution in [0.5, 0.6) is 5.75 Å². The van der Waals surface area contributed by atoms with Crippen molar-refractivity contribution in [3.63, 3.8) is 0 Å². The fraction of sp³-hybridized carbons (Fsp3) is 0.467. The van der Waals surface area contributed by atoms with E-state index in [0.29, 0.717) is 5.75 Å². The summed E-state index contributed by atoms with van der Waals surface area (Å²) in [6.07, 6.45) is 3.49. The van der Waals surface area contributed by atoms with Crippen molar-refractivity contribution in [3.8, 4) is 5.75 Å². The molecule has 0 radical (unpaired) electrons. The zero-order chi connectivity index (χ0) is 15.0. The molecule has 20 heavy (non-hydrogen) atoms. The van der Waals surface area contributed by atoms with Crippen LogP contribution in [0, 0.1) is 5.82 Å². The van der Waals surface area contributed by atoms with Crippen molar-refractivity contribution >= 4 is 11.4 Å². The van der Waals surface area contributed by atoms with Gasteiger partial charge in [0.05, 0.1) is 6.04 Å². The predicted molar refractivity (Wildman–Crippen MR) is 81.6 cm³/mol. The monoisotopic (exact) mass is 299 g/mol. The lowest BCUT2D eigenvalue weighted by Gasteiger charge is -2.17. The molecule has 0 saturated carbocycles. The largest absolute Gasteiger partial charge is 0.598 e. The van der Waals surface area contributed by atoms with Gasteiger partial charge in [0, 0.05) is 11.4 Å². The van der Waals surface area contributed by atoms with E-state index in [2.05, 4.69) is 18.2 Å². The maximum absolute atomic E-state index is 13.5. The first-order valence-corrected chi connectivity index (χ1v) is 8.08. The summed E-state index contributed by atoms with van der Waals surface area (Å²) < 4.78 is 33.6. The highest BCUT2D eigenvalue weighted by molar-refractivity contribution is 7.89. The third-order valence-electron chi connectivity index (χ3n) is 2.80. The van der Waals surface area contributed by atoms with Gasteiger partial charge in [0.25, 0.3) is 0 Å². The van der Waals surface area contributed by atoms with Crippen molar-refractivity contribution in [2.75, 3.05) is 12.4 Å². The van der Waals surface area contributed by atoms with E-state index in [1.165, 1.54) is 6.07 Å². The van der Waals surface area contributed by atoms with Gasteiger partial charge in [-0.1, -0.05) is 32.1 Å². The van der Waals surface area contributed by atoms with E-state index >= 15 is 0 Å². The van der Waals surface area contributed by atoms with Gasteiger partial charge in [-0.15, -0.1) is 4.72 Å². The van der Waals surface area contributed by atoms with Gasteiger partial charge in [-0.2, -0.15) is 0 Å². The van der Waals surface area contributed by atoms with Crippen molar-refractivity contribution < 1.29 is 13.7 Å². The molecule has 2 atom stereocenters. The number of nitrogens with one attached hydrogen (secondary N) is 1. The van der Waals surface area contributed by atoms with Gasteiger partial charge >= 0.3 is 0 Å². The Hall–Kier alpha value is -1.04. The van der Waals surface area contributed by atoms with Crippen LogP contribution in [0.2, 0.25) is 0 Å². The molecule has 0 aliphatic carbocycles. The second-order valence-corrected chi connectivity index (χ2v) is 5.87. The molecule has 1 rings (SSSR count). The highest BCUT2D eigenvalue weighted by Crippen LogP contribution is 2.23. The molecule has 0 heterocycles. The maximum atomic E-state index is 13.5. The highest BCUT2D eigenvalue weighted by Gasteiger charge is 2.15. The minimum Gasteiger partial charge on any atom is -0.598 e. The molecule has 0 aromatic heterocycles. The number of rotatable bonds is 9. The molecular weight excluding hydrogens is 277 g/mol. The SMILES string of the molecule is C=CCOc1cc([C@H](C)N[S+]([O-])CCCC)ccc1F. The molecule has 1 aromatic rings. The molecule has 112 valence electrons. The van der Waals surface area contributed by atoms with Crippen molar-refractivity contribution in [1.82, 2.24) is 4.72 Å². The molecule has 0 aliphatic rings. The van der Waals surface area contributed by atoms with Crippen molar-refractivity contribution in [1.29, 1.82) is 0 Å². The van der Waals surface area contributed by atoms with E-state index in [-0.39, 0.29) is 18.4 Å². The molecule has 1 aromatic carbocycles. The lowest BCUT2D eigenvalue weighted by Crippen LogP contribution is -2.29. The summed E-state index contributed by atoms with van der Waals surface area (Å²) in [7, 11) is 0. The van der Waals surface area contributed by atoms with E-state index in [4.69, 9.17) is 4.74 Å². The number of ether oxygens (including phenoxy) is 1. The minimum absolute atomic E-state index is 0.126. The molecule has 0 saturated heterocycles. The Morgan fingerprint density at radius 2 is 2.30 bits per heavy atom. The normalized spacial score (nSPS) is 13.8. The van der Waals surface area contributed by atoms with E-state index in [1.807, 2.05) is 6.92 Å². The van der Waals surface area contributed by atoms with Crippen molar-refractivity contribution in [2.45, 2.75) is 32.7 Å². The summed E-state index contributed by atoms with van der Waals surface area (Å²) in [6, 6.07) is 4.54. The van der Waals surface area contributed by atoms with Gasteiger partial charge in [0.15, 0.2) is 11.6 Å². The molecule has 0 aliphatic heterocycles. The van der Waals surface area contributed by atoms with Crippen LogP contribution in [-0.2, 0) is 11.4 Å². The summed E-state index contributed by atoms with van der Waals surface area (Å²) >= 11 is -1.07. The van der Waals surface area contributed by atoms with Crippen LogP contribution in [-0.4, -0.2) is 16.9 Å². The van der Waals surface area contributed by atoms with Gasteiger partial charge in [-0.05, 0) is 31.0 Å². The van der Waals surface area contributed by atoms with Crippen molar-refractivity contribution in [3.05, 3.63) is 42.2 Å². The van der Waals surface area contributed by atoms with Crippen molar-refractivity contribution in [2.24, 2.45) is 0 Å². The number of hydrogen-bond donors (Lipinski definition) is 1. The topological polar surface area (TPSA) is 44.3 Å². The van der Waals surface area contributed by atoms with Gasteiger partial charge in [0.1, 0.15) is 12.4 Å². The Kier molecular flexibility index (Phi) is 7.65. The first-order chi connectivity index (χ1) is 9.58.